The van der Waals surface area contributed by atoms with Crippen molar-refractivity contribution in [1.82, 2.24) is 19.7 Å². The second-order valence-corrected chi connectivity index (χ2v) is 5.60. The zero-order chi connectivity index (χ0) is 16.9. The van der Waals surface area contributed by atoms with Crippen molar-refractivity contribution < 1.29 is 0 Å². The van der Waals surface area contributed by atoms with E-state index in [-0.39, 0.29) is 0 Å². The van der Waals surface area contributed by atoms with Gasteiger partial charge in [0.1, 0.15) is 6.33 Å². The summed E-state index contributed by atoms with van der Waals surface area (Å²) in [4.78, 5) is 8.53. The molecule has 4 rings (SSSR count). The lowest BCUT2D eigenvalue weighted by atomic mass is 10.1. The Labute approximate surface area is 146 Å². The van der Waals surface area contributed by atoms with Gasteiger partial charge in [0.15, 0.2) is 5.82 Å². The number of nitrogens with zero attached hydrogens (tertiary/aromatic N) is 4. The zero-order valence-corrected chi connectivity index (χ0v) is 13.6. The Morgan fingerprint density at radius 2 is 1.60 bits per heavy atom. The minimum atomic E-state index is 0.696. The van der Waals surface area contributed by atoms with Crippen LogP contribution in [0.4, 0.5) is 5.69 Å². The molecule has 0 saturated heterocycles. The van der Waals surface area contributed by atoms with Crippen LogP contribution in [0.5, 0.6) is 0 Å². The molecule has 0 aliphatic carbocycles. The number of nitrogens with one attached hydrogen (secondary N) is 1. The van der Waals surface area contributed by atoms with Crippen LogP contribution in [0, 0.1) is 0 Å². The number of rotatable bonds is 5. The molecule has 4 aromatic rings. The molecule has 0 saturated carbocycles. The molecule has 2 aromatic heterocycles. The van der Waals surface area contributed by atoms with E-state index in [0.717, 1.165) is 23.5 Å². The van der Waals surface area contributed by atoms with Crippen LogP contribution in [0.15, 0.2) is 85.5 Å². The van der Waals surface area contributed by atoms with Crippen LogP contribution in [-0.4, -0.2) is 19.7 Å². The highest BCUT2D eigenvalue weighted by atomic mass is 15.3. The lowest BCUT2D eigenvalue weighted by Gasteiger charge is -2.10. The van der Waals surface area contributed by atoms with Gasteiger partial charge in [-0.1, -0.05) is 30.3 Å². The number of para-hydroxylation sites is 2. The highest BCUT2D eigenvalue weighted by molar-refractivity contribution is 5.73. The Balaban J connectivity index is 1.60. The van der Waals surface area contributed by atoms with Crippen molar-refractivity contribution >= 4 is 5.69 Å². The number of anilines is 1. The first-order valence-electron chi connectivity index (χ1n) is 8.09. The second-order valence-electron chi connectivity index (χ2n) is 5.60. The van der Waals surface area contributed by atoms with Crippen molar-refractivity contribution in [3.63, 3.8) is 0 Å². The molecule has 5 nitrogen and oxygen atoms in total. The zero-order valence-electron chi connectivity index (χ0n) is 13.6. The van der Waals surface area contributed by atoms with E-state index < -0.39 is 0 Å². The van der Waals surface area contributed by atoms with Gasteiger partial charge in [0.25, 0.3) is 0 Å². The molecule has 0 atom stereocenters. The van der Waals surface area contributed by atoms with E-state index in [4.69, 9.17) is 0 Å². The van der Waals surface area contributed by atoms with Crippen molar-refractivity contribution in [2.24, 2.45) is 0 Å². The number of benzene rings is 2. The van der Waals surface area contributed by atoms with Gasteiger partial charge in [-0.3, -0.25) is 4.98 Å². The molecule has 0 unspecified atom stereocenters. The molecule has 0 amide bonds. The summed E-state index contributed by atoms with van der Waals surface area (Å²) in [5.74, 6) is 0.696. The van der Waals surface area contributed by atoms with Gasteiger partial charge < -0.3 is 5.32 Å². The van der Waals surface area contributed by atoms with Crippen LogP contribution in [0.3, 0.4) is 0 Å². The lowest BCUT2D eigenvalue weighted by Crippen LogP contribution is -2.01. The predicted molar refractivity (Wildman–Crippen MR) is 98.4 cm³/mol. The molecule has 5 heteroatoms. The standard InChI is InChI=1S/C20H17N5/c1-2-6-17(7-3-1)25-15-23-20(24-25)18-8-4-5-9-19(18)22-14-16-10-12-21-13-11-16/h1-13,15,22H,14H2. The largest absolute Gasteiger partial charge is 0.380 e. The van der Waals surface area contributed by atoms with Gasteiger partial charge in [0.2, 0.25) is 0 Å². The molecule has 0 bridgehead atoms. The normalized spacial score (nSPS) is 10.6. The summed E-state index contributed by atoms with van der Waals surface area (Å²) in [5.41, 5.74) is 4.15. The molecular weight excluding hydrogens is 310 g/mol. The van der Waals surface area contributed by atoms with Crippen LogP contribution < -0.4 is 5.32 Å². The number of pyridine rings is 1. The maximum Gasteiger partial charge on any atom is 0.183 e. The van der Waals surface area contributed by atoms with Gasteiger partial charge in [0, 0.05) is 30.2 Å². The molecule has 1 N–H and O–H groups in total. The third kappa shape index (κ3) is 3.40. The molecule has 2 aromatic carbocycles. The Morgan fingerprint density at radius 3 is 2.44 bits per heavy atom. The summed E-state index contributed by atoms with van der Waals surface area (Å²) >= 11 is 0. The highest BCUT2D eigenvalue weighted by Gasteiger charge is 2.10. The summed E-state index contributed by atoms with van der Waals surface area (Å²) in [6, 6.07) is 22.0. The SMILES string of the molecule is c1ccc(-n2cnc(-c3ccccc3NCc3ccncc3)n2)cc1. The lowest BCUT2D eigenvalue weighted by molar-refractivity contribution is 0.882. The van der Waals surface area contributed by atoms with Gasteiger partial charge in [-0.25, -0.2) is 9.67 Å². The molecular formula is C20H17N5. The van der Waals surface area contributed by atoms with Crippen molar-refractivity contribution in [3.8, 4) is 17.1 Å². The molecule has 25 heavy (non-hydrogen) atoms. The molecule has 0 aliphatic heterocycles. The monoisotopic (exact) mass is 327 g/mol. The van der Waals surface area contributed by atoms with Crippen molar-refractivity contribution in [2.75, 3.05) is 5.32 Å². The fraction of sp³-hybridized carbons (Fsp3) is 0.0500. The molecule has 0 spiro atoms. The second kappa shape index (κ2) is 6.97. The summed E-state index contributed by atoms with van der Waals surface area (Å²) < 4.78 is 1.79. The van der Waals surface area contributed by atoms with E-state index >= 15 is 0 Å². The van der Waals surface area contributed by atoms with Gasteiger partial charge >= 0.3 is 0 Å². The Hall–Kier alpha value is -3.47. The van der Waals surface area contributed by atoms with Crippen molar-refractivity contribution in [2.45, 2.75) is 6.54 Å². The predicted octanol–water partition coefficient (Wildman–Crippen LogP) is 3.94. The van der Waals surface area contributed by atoms with E-state index in [9.17, 15) is 0 Å². The Bertz CT molecular complexity index is 948. The topological polar surface area (TPSA) is 55.6 Å². The Kier molecular flexibility index (Phi) is 4.20. The van der Waals surface area contributed by atoms with Crippen LogP contribution in [-0.2, 0) is 6.54 Å². The van der Waals surface area contributed by atoms with Crippen molar-refractivity contribution in [1.29, 1.82) is 0 Å². The third-order valence-corrected chi connectivity index (χ3v) is 3.91. The first-order chi connectivity index (χ1) is 12.4. The summed E-state index contributed by atoms with van der Waals surface area (Å²) in [5, 5.41) is 8.08. The average Bonchev–Trinajstić information content (AvgIpc) is 3.18. The highest BCUT2D eigenvalue weighted by Crippen LogP contribution is 2.25. The van der Waals surface area contributed by atoms with Crippen LogP contribution in [0.1, 0.15) is 5.56 Å². The average molecular weight is 327 g/mol. The first kappa shape index (κ1) is 15.1. The van der Waals surface area contributed by atoms with E-state index in [1.54, 1.807) is 23.4 Å². The maximum atomic E-state index is 4.62. The van der Waals surface area contributed by atoms with Crippen molar-refractivity contribution in [3.05, 3.63) is 91.0 Å². The quantitative estimate of drug-likeness (QED) is 0.603. The fourth-order valence-corrected chi connectivity index (χ4v) is 2.62. The number of hydrogen-bond donors (Lipinski definition) is 1. The number of aromatic nitrogens is 4. The Morgan fingerprint density at radius 1 is 0.840 bits per heavy atom. The van der Waals surface area contributed by atoms with E-state index in [1.165, 1.54) is 5.56 Å². The van der Waals surface area contributed by atoms with Gasteiger partial charge in [-0.2, -0.15) is 0 Å². The summed E-state index contributed by atoms with van der Waals surface area (Å²) in [7, 11) is 0. The van der Waals surface area contributed by atoms with E-state index in [1.807, 2.05) is 66.7 Å². The minimum Gasteiger partial charge on any atom is -0.380 e. The molecule has 0 radical (unpaired) electrons. The van der Waals surface area contributed by atoms with Crippen LogP contribution >= 0.6 is 0 Å². The molecule has 2 heterocycles. The number of hydrogen-bond acceptors (Lipinski definition) is 4. The molecule has 0 aliphatic rings. The smallest absolute Gasteiger partial charge is 0.183 e. The minimum absolute atomic E-state index is 0.696. The molecule has 0 fully saturated rings. The van der Waals surface area contributed by atoms with Gasteiger partial charge in [-0.15, -0.1) is 5.10 Å². The van der Waals surface area contributed by atoms with Gasteiger partial charge in [-0.05, 0) is 42.0 Å². The maximum absolute atomic E-state index is 4.62. The van der Waals surface area contributed by atoms with E-state index in [0.29, 0.717) is 5.82 Å². The van der Waals surface area contributed by atoms with Crippen LogP contribution in [0.2, 0.25) is 0 Å². The van der Waals surface area contributed by atoms with Crippen LogP contribution in [0.25, 0.3) is 17.1 Å². The molecule has 122 valence electrons. The third-order valence-electron chi connectivity index (χ3n) is 3.91. The summed E-state index contributed by atoms with van der Waals surface area (Å²) in [6.45, 7) is 0.721. The fourth-order valence-electron chi connectivity index (χ4n) is 2.62. The van der Waals surface area contributed by atoms with E-state index in [2.05, 4.69) is 20.4 Å². The summed E-state index contributed by atoms with van der Waals surface area (Å²) in [6.07, 6.45) is 5.34. The first-order valence-corrected chi connectivity index (χ1v) is 8.09. The van der Waals surface area contributed by atoms with Gasteiger partial charge in [0.05, 0.1) is 5.69 Å².